The minimum atomic E-state index is -1.12. The molecule has 1 aliphatic heterocycles. The van der Waals surface area contributed by atoms with Crippen LogP contribution >= 0.6 is 0 Å². The fourth-order valence-corrected chi connectivity index (χ4v) is 3.67. The Bertz CT molecular complexity index is 733. The van der Waals surface area contributed by atoms with Gasteiger partial charge in [-0.2, -0.15) is 0 Å². The number of carbonyl (C=O) groups excluding carboxylic acids is 1. The van der Waals surface area contributed by atoms with Gasteiger partial charge in [0.05, 0.1) is 17.2 Å². The largest absolute Gasteiger partial charge is 0.545 e. The maximum absolute atomic E-state index is 11.2. The number of aromatic nitrogens is 1. The molecule has 0 spiro atoms. The number of hydrogen-bond donors (Lipinski definition) is 0. The van der Waals surface area contributed by atoms with E-state index in [9.17, 15) is 9.90 Å². The van der Waals surface area contributed by atoms with E-state index >= 15 is 0 Å². The molecule has 0 radical (unpaired) electrons. The maximum Gasteiger partial charge on any atom is 0.0726 e. The summed E-state index contributed by atoms with van der Waals surface area (Å²) in [6.07, 6.45) is 5.65. The van der Waals surface area contributed by atoms with Crippen molar-refractivity contribution < 1.29 is 9.90 Å². The van der Waals surface area contributed by atoms with Crippen molar-refractivity contribution in [1.29, 1.82) is 0 Å². The van der Waals surface area contributed by atoms with Gasteiger partial charge in [0.15, 0.2) is 0 Å². The summed E-state index contributed by atoms with van der Waals surface area (Å²) in [7, 11) is 0. The van der Waals surface area contributed by atoms with Crippen molar-refractivity contribution in [1.82, 2.24) is 4.98 Å². The number of carbonyl (C=O) groups is 1. The van der Waals surface area contributed by atoms with Gasteiger partial charge in [-0.1, -0.05) is 6.07 Å². The van der Waals surface area contributed by atoms with Crippen LogP contribution in [0.5, 0.6) is 0 Å². The first-order valence-corrected chi connectivity index (χ1v) is 7.66. The predicted molar refractivity (Wildman–Crippen MR) is 79.5 cm³/mol. The van der Waals surface area contributed by atoms with Gasteiger partial charge in [0, 0.05) is 24.2 Å². The lowest BCUT2D eigenvalue weighted by Gasteiger charge is -2.23. The lowest BCUT2D eigenvalue weighted by Crippen LogP contribution is -2.23. The molecule has 108 valence electrons. The Hall–Kier alpha value is -2.10. The Balaban J connectivity index is 2.00. The molecular weight excluding hydrogens is 264 g/mol. The third-order valence-electron chi connectivity index (χ3n) is 4.64. The molecule has 0 N–H and O–H groups in total. The predicted octanol–water partition coefficient (Wildman–Crippen LogP) is 1.69. The number of anilines is 1. The highest BCUT2D eigenvalue weighted by Crippen LogP contribution is 2.38. The van der Waals surface area contributed by atoms with Gasteiger partial charge in [-0.3, -0.25) is 4.98 Å². The molecule has 4 heteroatoms. The first-order chi connectivity index (χ1) is 10.2. The summed E-state index contributed by atoms with van der Waals surface area (Å²) in [5.74, 6) is -1.12. The first-order valence-electron chi connectivity index (χ1n) is 7.66. The monoisotopic (exact) mass is 281 g/mol. The van der Waals surface area contributed by atoms with Gasteiger partial charge in [-0.15, -0.1) is 0 Å². The molecule has 0 bridgehead atoms. The molecule has 0 saturated carbocycles. The number of carboxylic acid groups (broad SMARTS) is 1. The number of benzene rings is 1. The van der Waals surface area contributed by atoms with Crippen LogP contribution in [-0.4, -0.2) is 24.0 Å². The van der Waals surface area contributed by atoms with Crippen molar-refractivity contribution >= 4 is 22.6 Å². The topological polar surface area (TPSA) is 56.3 Å². The minimum absolute atomic E-state index is 0.239. The number of pyridine rings is 1. The van der Waals surface area contributed by atoms with Gasteiger partial charge < -0.3 is 14.8 Å². The zero-order valence-electron chi connectivity index (χ0n) is 11.9. The fraction of sp³-hybridized carbons (Fsp3) is 0.412. The third kappa shape index (κ3) is 1.97. The summed E-state index contributed by atoms with van der Waals surface area (Å²) in [5, 5.41) is 12.1. The molecule has 2 aromatic rings. The third-order valence-corrected chi connectivity index (χ3v) is 4.64. The summed E-state index contributed by atoms with van der Waals surface area (Å²) in [6.45, 7) is 2.11. The Morgan fingerprint density at radius 3 is 2.71 bits per heavy atom. The molecule has 2 heterocycles. The number of rotatable bonds is 2. The Morgan fingerprint density at radius 2 is 1.95 bits per heavy atom. The molecule has 0 atom stereocenters. The molecule has 4 nitrogen and oxygen atoms in total. The van der Waals surface area contributed by atoms with Crippen LogP contribution in [0, 0.1) is 0 Å². The summed E-state index contributed by atoms with van der Waals surface area (Å²) in [4.78, 5) is 18.3. The Labute approximate surface area is 123 Å². The Kier molecular flexibility index (Phi) is 2.84. The van der Waals surface area contributed by atoms with Crippen molar-refractivity contribution in [3.63, 3.8) is 0 Å². The van der Waals surface area contributed by atoms with Crippen LogP contribution in [0.2, 0.25) is 0 Å². The molecular formula is C17H17N2O2-. The van der Waals surface area contributed by atoms with Gasteiger partial charge >= 0.3 is 0 Å². The number of nitrogens with zero attached hydrogens (tertiary/aromatic N) is 2. The van der Waals surface area contributed by atoms with Crippen LogP contribution in [0.1, 0.15) is 40.9 Å². The average molecular weight is 281 g/mol. The van der Waals surface area contributed by atoms with Crippen molar-refractivity contribution in [2.24, 2.45) is 0 Å². The van der Waals surface area contributed by atoms with Gasteiger partial charge in [0.25, 0.3) is 0 Å². The van der Waals surface area contributed by atoms with E-state index in [4.69, 9.17) is 4.98 Å². The van der Waals surface area contributed by atoms with Crippen LogP contribution in [0.4, 0.5) is 5.69 Å². The van der Waals surface area contributed by atoms with Crippen LogP contribution in [-0.2, 0) is 12.8 Å². The van der Waals surface area contributed by atoms with Crippen LogP contribution in [0.3, 0.4) is 0 Å². The molecule has 1 aromatic heterocycles. The quantitative estimate of drug-likeness (QED) is 0.840. The van der Waals surface area contributed by atoms with Crippen LogP contribution in [0.15, 0.2) is 18.2 Å². The molecule has 2 aliphatic rings. The normalized spacial score (nSPS) is 17.4. The number of carboxylic acids is 1. The molecule has 1 fully saturated rings. The van der Waals surface area contributed by atoms with Crippen LogP contribution in [0.25, 0.3) is 10.9 Å². The van der Waals surface area contributed by atoms with E-state index in [0.717, 1.165) is 43.3 Å². The summed E-state index contributed by atoms with van der Waals surface area (Å²) in [6, 6.07) is 5.16. The highest BCUT2D eigenvalue weighted by molar-refractivity contribution is 5.99. The molecule has 21 heavy (non-hydrogen) atoms. The lowest BCUT2D eigenvalue weighted by atomic mass is 10.0. The van der Waals surface area contributed by atoms with Crippen molar-refractivity contribution in [2.75, 3.05) is 18.0 Å². The summed E-state index contributed by atoms with van der Waals surface area (Å²) in [5.41, 5.74) is 4.91. The first kappa shape index (κ1) is 12.6. The standard InChI is InChI=1S/C17H18N2O2/c20-17(21)11-6-7-15-13(10-11)16(19-8-1-2-9-19)12-4-3-5-14(12)18-15/h6-7,10H,1-5,8-9H2,(H,20,21)/p-1. The second-order valence-electron chi connectivity index (χ2n) is 5.95. The van der Waals surface area contributed by atoms with Gasteiger partial charge in [0.1, 0.15) is 0 Å². The van der Waals surface area contributed by atoms with E-state index in [1.165, 1.54) is 29.8 Å². The molecule has 4 rings (SSSR count). The van der Waals surface area contributed by atoms with Crippen molar-refractivity contribution in [2.45, 2.75) is 32.1 Å². The fourth-order valence-electron chi connectivity index (χ4n) is 3.67. The smallest absolute Gasteiger partial charge is 0.0726 e. The summed E-state index contributed by atoms with van der Waals surface area (Å²) >= 11 is 0. The second kappa shape index (κ2) is 4.72. The number of hydrogen-bond acceptors (Lipinski definition) is 4. The molecule has 1 aromatic carbocycles. The molecule has 0 unspecified atom stereocenters. The van der Waals surface area contributed by atoms with E-state index in [-0.39, 0.29) is 5.56 Å². The SMILES string of the molecule is O=C([O-])c1ccc2nc3c(c(N4CCCC4)c2c1)CCC3. The summed E-state index contributed by atoms with van der Waals surface area (Å²) < 4.78 is 0. The number of aryl methyl sites for hydroxylation is 1. The van der Waals surface area contributed by atoms with Gasteiger partial charge in [-0.25, -0.2) is 0 Å². The van der Waals surface area contributed by atoms with E-state index in [0.29, 0.717) is 0 Å². The van der Waals surface area contributed by atoms with E-state index in [2.05, 4.69) is 4.90 Å². The van der Waals surface area contributed by atoms with E-state index in [1.54, 1.807) is 12.1 Å². The maximum atomic E-state index is 11.2. The average Bonchev–Trinajstić information content (AvgIpc) is 3.15. The van der Waals surface area contributed by atoms with Crippen LogP contribution < -0.4 is 10.0 Å². The molecule has 0 amide bonds. The van der Waals surface area contributed by atoms with E-state index in [1.807, 2.05) is 6.07 Å². The molecule has 1 aliphatic carbocycles. The number of aromatic carboxylic acids is 1. The minimum Gasteiger partial charge on any atom is -0.545 e. The zero-order valence-corrected chi connectivity index (χ0v) is 11.9. The molecule has 1 saturated heterocycles. The van der Waals surface area contributed by atoms with Crippen molar-refractivity contribution in [3.8, 4) is 0 Å². The number of fused-ring (bicyclic) bond motifs is 2. The van der Waals surface area contributed by atoms with E-state index < -0.39 is 5.97 Å². The van der Waals surface area contributed by atoms with Crippen molar-refractivity contribution in [3.05, 3.63) is 35.0 Å². The highest BCUT2D eigenvalue weighted by atomic mass is 16.4. The highest BCUT2D eigenvalue weighted by Gasteiger charge is 2.25. The Morgan fingerprint density at radius 1 is 1.14 bits per heavy atom. The zero-order chi connectivity index (χ0) is 14.4. The second-order valence-corrected chi connectivity index (χ2v) is 5.95. The van der Waals surface area contributed by atoms with Gasteiger partial charge in [0.2, 0.25) is 0 Å². The van der Waals surface area contributed by atoms with Gasteiger partial charge in [-0.05, 0) is 55.4 Å². The lowest BCUT2D eigenvalue weighted by molar-refractivity contribution is -0.255.